The van der Waals surface area contributed by atoms with Crippen LogP contribution in [0.15, 0.2) is 24.3 Å². The van der Waals surface area contributed by atoms with Crippen molar-refractivity contribution in [1.29, 1.82) is 0 Å². The van der Waals surface area contributed by atoms with E-state index >= 15 is 0 Å². The topological polar surface area (TPSA) is 42.0 Å². The molecule has 0 saturated carbocycles. The molecule has 1 unspecified atom stereocenters. The quantitative estimate of drug-likeness (QED) is 0.695. The fourth-order valence-electron chi connectivity index (χ4n) is 1.71. The second-order valence-corrected chi connectivity index (χ2v) is 5.67. The van der Waals surface area contributed by atoms with Gasteiger partial charge in [0.2, 0.25) is 11.6 Å². The number of halogens is 4. The Hall–Kier alpha value is -1.96. The minimum Gasteiger partial charge on any atom is -0.350 e. The third-order valence-corrected chi connectivity index (χ3v) is 3.30. The van der Waals surface area contributed by atoms with Crippen LogP contribution >= 0.6 is 0 Å². The first-order chi connectivity index (χ1) is 9.88. The number of aromatic nitrogens is 1. The number of anilines is 2. The summed E-state index contributed by atoms with van der Waals surface area (Å²) in [6.07, 6.45) is 1.51. The van der Waals surface area contributed by atoms with Gasteiger partial charge in [-0.15, -0.1) is 0 Å². The van der Waals surface area contributed by atoms with E-state index in [1.807, 2.05) is 0 Å². The zero-order valence-electron chi connectivity index (χ0n) is 10.8. The maximum Gasteiger partial charge on any atom is 0.253 e. The molecule has 1 aromatic carbocycles. The summed E-state index contributed by atoms with van der Waals surface area (Å²) in [5, 5.41) is 2.27. The maximum absolute atomic E-state index is 13.5. The predicted octanol–water partition coefficient (Wildman–Crippen LogP) is 3.26. The van der Waals surface area contributed by atoms with Crippen LogP contribution in [0.1, 0.15) is 5.56 Å². The summed E-state index contributed by atoms with van der Waals surface area (Å²) < 4.78 is 64.1. The lowest BCUT2D eigenvalue weighted by Gasteiger charge is -2.10. The second kappa shape index (κ2) is 6.21. The van der Waals surface area contributed by atoms with Gasteiger partial charge in [-0.25, -0.2) is 0 Å². The SMILES string of the molecule is CS(=O)Cc1cccc(Nc2c(F)c(F)nc(F)c2F)c1. The number of hydrogen-bond donors (Lipinski definition) is 1. The van der Waals surface area contributed by atoms with E-state index in [0.29, 0.717) is 5.56 Å². The lowest BCUT2D eigenvalue weighted by atomic mass is 10.2. The van der Waals surface area contributed by atoms with Crippen LogP contribution in [0.5, 0.6) is 0 Å². The van der Waals surface area contributed by atoms with E-state index in [9.17, 15) is 21.8 Å². The molecule has 21 heavy (non-hydrogen) atoms. The summed E-state index contributed by atoms with van der Waals surface area (Å²) in [4.78, 5) is 2.47. The summed E-state index contributed by atoms with van der Waals surface area (Å²) >= 11 is 0. The van der Waals surface area contributed by atoms with Crippen molar-refractivity contribution < 1.29 is 21.8 Å². The monoisotopic (exact) mass is 318 g/mol. The second-order valence-electron chi connectivity index (χ2n) is 4.24. The molecule has 0 fully saturated rings. The van der Waals surface area contributed by atoms with Crippen molar-refractivity contribution in [2.75, 3.05) is 11.6 Å². The average Bonchev–Trinajstić information content (AvgIpc) is 2.41. The third-order valence-electron chi connectivity index (χ3n) is 2.56. The first-order valence-electron chi connectivity index (χ1n) is 5.74. The Morgan fingerprint density at radius 1 is 1.14 bits per heavy atom. The maximum atomic E-state index is 13.5. The molecule has 0 aliphatic heterocycles. The van der Waals surface area contributed by atoms with E-state index in [4.69, 9.17) is 0 Å². The van der Waals surface area contributed by atoms with Crippen LogP contribution in [0, 0.1) is 23.5 Å². The number of benzene rings is 1. The highest BCUT2D eigenvalue weighted by atomic mass is 32.2. The van der Waals surface area contributed by atoms with Gasteiger partial charge in [-0.1, -0.05) is 12.1 Å². The lowest BCUT2D eigenvalue weighted by Crippen LogP contribution is -2.06. The van der Waals surface area contributed by atoms with E-state index in [-0.39, 0.29) is 11.4 Å². The molecule has 1 heterocycles. The number of nitrogens with zero attached hydrogens (tertiary/aromatic N) is 1. The number of nitrogens with one attached hydrogen (secondary N) is 1. The first kappa shape index (κ1) is 15.4. The molecule has 0 bridgehead atoms. The minimum absolute atomic E-state index is 0.209. The molecule has 2 rings (SSSR count). The summed E-state index contributed by atoms with van der Waals surface area (Å²) in [6, 6.07) is 6.18. The Kier molecular flexibility index (Phi) is 4.56. The molecule has 1 atom stereocenters. The highest BCUT2D eigenvalue weighted by molar-refractivity contribution is 7.83. The van der Waals surface area contributed by atoms with Gasteiger partial charge in [-0.3, -0.25) is 4.21 Å². The Labute approximate surface area is 120 Å². The first-order valence-corrected chi connectivity index (χ1v) is 7.47. The molecular weight excluding hydrogens is 308 g/mol. The lowest BCUT2D eigenvalue weighted by molar-refractivity contribution is 0.411. The number of rotatable bonds is 4. The van der Waals surface area contributed by atoms with Crippen molar-refractivity contribution in [3.05, 3.63) is 53.4 Å². The molecule has 112 valence electrons. The van der Waals surface area contributed by atoms with Gasteiger partial charge in [0.15, 0.2) is 0 Å². The molecule has 1 aromatic heterocycles. The molecule has 0 aliphatic rings. The van der Waals surface area contributed by atoms with Gasteiger partial charge in [-0.2, -0.15) is 22.5 Å². The van der Waals surface area contributed by atoms with Crippen molar-refractivity contribution in [2.24, 2.45) is 0 Å². The Morgan fingerprint density at radius 3 is 2.33 bits per heavy atom. The van der Waals surface area contributed by atoms with Crippen LogP contribution in [-0.4, -0.2) is 15.4 Å². The molecular formula is C13H10F4N2OS. The van der Waals surface area contributed by atoms with Crippen LogP contribution in [0.25, 0.3) is 0 Å². The van der Waals surface area contributed by atoms with Gasteiger partial charge < -0.3 is 5.32 Å². The minimum atomic E-state index is -1.73. The van der Waals surface area contributed by atoms with E-state index in [2.05, 4.69) is 10.3 Å². The predicted molar refractivity (Wildman–Crippen MR) is 71.6 cm³/mol. The molecule has 1 N–H and O–H groups in total. The molecule has 0 saturated heterocycles. The third kappa shape index (κ3) is 3.57. The van der Waals surface area contributed by atoms with Crippen molar-refractivity contribution in [1.82, 2.24) is 4.98 Å². The van der Waals surface area contributed by atoms with Crippen LogP contribution < -0.4 is 5.32 Å². The molecule has 2 aromatic rings. The van der Waals surface area contributed by atoms with Gasteiger partial charge in [0.25, 0.3) is 11.9 Å². The number of pyridine rings is 1. The molecule has 0 aliphatic carbocycles. The van der Waals surface area contributed by atoms with Gasteiger partial charge in [0, 0.05) is 28.5 Å². The largest absolute Gasteiger partial charge is 0.350 e. The van der Waals surface area contributed by atoms with E-state index in [1.54, 1.807) is 12.1 Å². The molecule has 0 spiro atoms. The Bertz CT molecular complexity index is 683. The van der Waals surface area contributed by atoms with E-state index in [0.717, 1.165) is 0 Å². The van der Waals surface area contributed by atoms with Gasteiger partial charge in [-0.05, 0) is 17.7 Å². The highest BCUT2D eigenvalue weighted by Gasteiger charge is 2.20. The van der Waals surface area contributed by atoms with Crippen LogP contribution in [0.2, 0.25) is 0 Å². The molecule has 3 nitrogen and oxygen atoms in total. The Morgan fingerprint density at radius 2 is 1.76 bits per heavy atom. The highest BCUT2D eigenvalue weighted by Crippen LogP contribution is 2.26. The van der Waals surface area contributed by atoms with Gasteiger partial charge in [0.05, 0.1) is 0 Å². The standard InChI is InChI=1S/C13H10F4N2OS/c1-21(20)6-7-3-2-4-8(5-7)18-11-9(14)12(16)19-13(17)10(11)15/h2-5H,6H2,1H3,(H,18,19). The molecule has 0 amide bonds. The van der Waals surface area contributed by atoms with Gasteiger partial charge in [0.1, 0.15) is 5.69 Å². The van der Waals surface area contributed by atoms with Crippen molar-refractivity contribution in [3.63, 3.8) is 0 Å². The van der Waals surface area contributed by atoms with Crippen LogP contribution in [0.3, 0.4) is 0 Å². The van der Waals surface area contributed by atoms with Crippen LogP contribution in [-0.2, 0) is 16.6 Å². The average molecular weight is 318 g/mol. The summed E-state index contributed by atoms with van der Waals surface area (Å²) in [5.41, 5.74) is -0.104. The van der Waals surface area contributed by atoms with Crippen molar-refractivity contribution >= 4 is 22.2 Å². The normalized spacial score (nSPS) is 12.2. The molecule has 0 radical (unpaired) electrons. The van der Waals surface area contributed by atoms with Crippen LogP contribution in [0.4, 0.5) is 28.9 Å². The van der Waals surface area contributed by atoms with E-state index in [1.165, 1.54) is 18.4 Å². The fourth-order valence-corrected chi connectivity index (χ4v) is 2.36. The molecule has 8 heteroatoms. The fraction of sp³-hybridized carbons (Fsp3) is 0.154. The zero-order chi connectivity index (χ0) is 15.6. The van der Waals surface area contributed by atoms with E-state index < -0.39 is 40.0 Å². The Balaban J connectivity index is 2.37. The number of hydrogen-bond acceptors (Lipinski definition) is 3. The summed E-state index contributed by atoms with van der Waals surface area (Å²) in [5.74, 6) is -6.44. The van der Waals surface area contributed by atoms with Crippen molar-refractivity contribution in [3.8, 4) is 0 Å². The summed E-state index contributed by atoms with van der Waals surface area (Å²) in [7, 11) is -1.09. The summed E-state index contributed by atoms with van der Waals surface area (Å²) in [6.45, 7) is 0. The van der Waals surface area contributed by atoms with Crippen molar-refractivity contribution in [2.45, 2.75) is 5.75 Å². The zero-order valence-corrected chi connectivity index (χ0v) is 11.6. The van der Waals surface area contributed by atoms with Gasteiger partial charge >= 0.3 is 0 Å². The smallest absolute Gasteiger partial charge is 0.253 e.